The number of aryl methyl sites for hydroxylation is 1. The zero-order valence-corrected chi connectivity index (χ0v) is 10.8. The van der Waals surface area contributed by atoms with Crippen molar-refractivity contribution in [2.24, 2.45) is 0 Å². The molecule has 1 N–H and O–H groups in total. The molecule has 1 aliphatic carbocycles. The topological polar surface area (TPSA) is 42.1 Å². The van der Waals surface area contributed by atoms with Crippen LogP contribution in [0.25, 0.3) is 0 Å². The molecule has 0 saturated heterocycles. The molecule has 0 aliphatic heterocycles. The highest BCUT2D eigenvalue weighted by molar-refractivity contribution is 5.89. The maximum absolute atomic E-state index is 12.1. The highest BCUT2D eigenvalue weighted by atomic mass is 16.5. The number of hydrogen-bond acceptors (Lipinski definition) is 2. The van der Waals surface area contributed by atoms with E-state index in [-0.39, 0.29) is 5.97 Å². The van der Waals surface area contributed by atoms with Crippen LogP contribution in [0.3, 0.4) is 0 Å². The van der Waals surface area contributed by atoms with Crippen LogP contribution < -0.4 is 0 Å². The molecule has 3 nitrogen and oxygen atoms in total. The number of rotatable bonds is 3. The standard InChI is InChI=1S/C16H17NO2/c18-16(19-11-12-6-2-1-3-7-12)15-14-9-5-4-8-13(14)10-17-15/h1-3,6-7,10,17H,4-5,8-9,11H2. The van der Waals surface area contributed by atoms with Crippen LogP contribution in [0.1, 0.15) is 40.0 Å². The fourth-order valence-corrected chi connectivity index (χ4v) is 2.60. The summed E-state index contributed by atoms with van der Waals surface area (Å²) in [5.74, 6) is -0.244. The number of fused-ring (bicyclic) bond motifs is 1. The lowest BCUT2D eigenvalue weighted by molar-refractivity contribution is 0.0465. The van der Waals surface area contributed by atoms with Crippen molar-refractivity contribution in [2.45, 2.75) is 32.3 Å². The van der Waals surface area contributed by atoms with Crippen LogP contribution in [-0.2, 0) is 24.2 Å². The van der Waals surface area contributed by atoms with Crippen molar-refractivity contribution in [1.82, 2.24) is 4.98 Å². The summed E-state index contributed by atoms with van der Waals surface area (Å²) in [6.45, 7) is 0.327. The maximum Gasteiger partial charge on any atom is 0.355 e. The van der Waals surface area contributed by atoms with Gasteiger partial charge in [-0.05, 0) is 42.4 Å². The normalized spacial score (nSPS) is 13.9. The average molecular weight is 255 g/mol. The monoisotopic (exact) mass is 255 g/mol. The molecule has 0 bridgehead atoms. The molecule has 3 rings (SSSR count). The van der Waals surface area contributed by atoms with Gasteiger partial charge in [-0.15, -0.1) is 0 Å². The number of aromatic amines is 1. The molecule has 0 radical (unpaired) electrons. The molecular formula is C16H17NO2. The third-order valence-electron chi connectivity index (χ3n) is 3.62. The summed E-state index contributed by atoms with van der Waals surface area (Å²) in [7, 11) is 0. The van der Waals surface area contributed by atoms with Crippen LogP contribution >= 0.6 is 0 Å². The SMILES string of the molecule is O=C(OCc1ccccc1)c1[nH]cc2c1CCCC2. The second kappa shape index (κ2) is 5.31. The summed E-state index contributed by atoms with van der Waals surface area (Å²) in [5.41, 5.74) is 4.09. The number of carbonyl (C=O) groups is 1. The molecule has 0 fully saturated rings. The summed E-state index contributed by atoms with van der Waals surface area (Å²) in [6, 6.07) is 9.75. The lowest BCUT2D eigenvalue weighted by atomic mass is 9.94. The molecule has 1 aliphatic rings. The van der Waals surface area contributed by atoms with Crippen LogP contribution in [0.2, 0.25) is 0 Å². The van der Waals surface area contributed by atoms with E-state index in [4.69, 9.17) is 4.74 Å². The molecule has 0 amide bonds. The Balaban J connectivity index is 1.69. The molecule has 1 aromatic heterocycles. The fraction of sp³-hybridized carbons (Fsp3) is 0.312. The molecule has 0 spiro atoms. The molecule has 0 unspecified atom stereocenters. The van der Waals surface area contributed by atoms with Crippen LogP contribution in [0.4, 0.5) is 0 Å². The van der Waals surface area contributed by atoms with E-state index < -0.39 is 0 Å². The fourth-order valence-electron chi connectivity index (χ4n) is 2.60. The molecule has 1 aromatic carbocycles. The summed E-state index contributed by atoms with van der Waals surface area (Å²) in [4.78, 5) is 15.2. The van der Waals surface area contributed by atoms with E-state index in [2.05, 4.69) is 4.98 Å². The number of H-pyrrole nitrogens is 1. The van der Waals surface area contributed by atoms with Crippen LogP contribution in [0.15, 0.2) is 36.5 Å². The molecule has 19 heavy (non-hydrogen) atoms. The van der Waals surface area contributed by atoms with Gasteiger partial charge in [-0.25, -0.2) is 4.79 Å². The smallest absolute Gasteiger partial charge is 0.355 e. The maximum atomic E-state index is 12.1. The number of nitrogens with one attached hydrogen (secondary N) is 1. The predicted molar refractivity (Wildman–Crippen MR) is 73.0 cm³/mol. The van der Waals surface area contributed by atoms with Gasteiger partial charge in [0.1, 0.15) is 12.3 Å². The summed E-state index contributed by atoms with van der Waals surface area (Å²) >= 11 is 0. The van der Waals surface area contributed by atoms with Crippen LogP contribution in [-0.4, -0.2) is 11.0 Å². The average Bonchev–Trinajstić information content (AvgIpc) is 2.90. The minimum absolute atomic E-state index is 0.244. The lowest BCUT2D eigenvalue weighted by Crippen LogP contribution is -2.10. The Labute approximate surface area is 112 Å². The quantitative estimate of drug-likeness (QED) is 0.855. The zero-order valence-electron chi connectivity index (χ0n) is 10.8. The van der Waals surface area contributed by atoms with Crippen molar-refractivity contribution in [3.05, 3.63) is 58.9 Å². The first-order valence-corrected chi connectivity index (χ1v) is 6.75. The zero-order chi connectivity index (χ0) is 13.1. The van der Waals surface area contributed by atoms with E-state index >= 15 is 0 Å². The lowest BCUT2D eigenvalue weighted by Gasteiger charge is -2.12. The molecule has 0 atom stereocenters. The predicted octanol–water partition coefficient (Wildman–Crippen LogP) is 3.25. The van der Waals surface area contributed by atoms with Gasteiger partial charge in [0.15, 0.2) is 0 Å². The van der Waals surface area contributed by atoms with Crippen molar-refractivity contribution in [1.29, 1.82) is 0 Å². The largest absolute Gasteiger partial charge is 0.456 e. The van der Waals surface area contributed by atoms with Gasteiger partial charge in [0.05, 0.1) is 0 Å². The Hall–Kier alpha value is -2.03. The van der Waals surface area contributed by atoms with E-state index in [1.54, 1.807) is 0 Å². The summed E-state index contributed by atoms with van der Waals surface area (Å²) in [6.07, 6.45) is 6.37. The van der Waals surface area contributed by atoms with Gasteiger partial charge in [0.2, 0.25) is 0 Å². The number of hydrogen-bond donors (Lipinski definition) is 1. The van der Waals surface area contributed by atoms with E-state index in [1.165, 1.54) is 12.0 Å². The van der Waals surface area contributed by atoms with E-state index in [9.17, 15) is 4.79 Å². The number of carbonyl (C=O) groups excluding carboxylic acids is 1. The Morgan fingerprint density at radius 2 is 1.95 bits per heavy atom. The van der Waals surface area contributed by atoms with Gasteiger partial charge >= 0.3 is 5.97 Å². The first-order valence-electron chi connectivity index (χ1n) is 6.75. The van der Waals surface area contributed by atoms with Gasteiger partial charge in [-0.3, -0.25) is 0 Å². The molecule has 1 heterocycles. The van der Waals surface area contributed by atoms with Crippen LogP contribution in [0.5, 0.6) is 0 Å². The van der Waals surface area contributed by atoms with E-state index in [1.807, 2.05) is 36.5 Å². The van der Waals surface area contributed by atoms with E-state index in [0.29, 0.717) is 12.3 Å². The number of ether oxygens (including phenoxy) is 1. The van der Waals surface area contributed by atoms with Gasteiger partial charge in [-0.2, -0.15) is 0 Å². The Kier molecular flexibility index (Phi) is 3.36. The van der Waals surface area contributed by atoms with Crippen LogP contribution in [0, 0.1) is 0 Å². The van der Waals surface area contributed by atoms with Crippen molar-refractivity contribution < 1.29 is 9.53 Å². The molecule has 2 aromatic rings. The van der Waals surface area contributed by atoms with Gasteiger partial charge in [0.25, 0.3) is 0 Å². The highest BCUT2D eigenvalue weighted by Gasteiger charge is 2.20. The molecular weight excluding hydrogens is 238 g/mol. The molecule has 3 heteroatoms. The minimum Gasteiger partial charge on any atom is -0.456 e. The third kappa shape index (κ3) is 2.55. The summed E-state index contributed by atoms with van der Waals surface area (Å²) in [5, 5.41) is 0. The second-order valence-electron chi connectivity index (χ2n) is 4.94. The third-order valence-corrected chi connectivity index (χ3v) is 3.62. The minimum atomic E-state index is -0.244. The van der Waals surface area contributed by atoms with Gasteiger partial charge in [0, 0.05) is 6.20 Å². The number of esters is 1. The number of benzene rings is 1. The van der Waals surface area contributed by atoms with Crippen molar-refractivity contribution in [3.63, 3.8) is 0 Å². The van der Waals surface area contributed by atoms with Crippen molar-refractivity contribution >= 4 is 5.97 Å². The molecule has 0 saturated carbocycles. The van der Waals surface area contributed by atoms with E-state index in [0.717, 1.165) is 30.4 Å². The summed E-state index contributed by atoms with van der Waals surface area (Å²) < 4.78 is 5.37. The first-order chi connectivity index (χ1) is 9.34. The molecule has 98 valence electrons. The van der Waals surface area contributed by atoms with Crippen molar-refractivity contribution in [3.8, 4) is 0 Å². The number of aromatic nitrogens is 1. The van der Waals surface area contributed by atoms with Gasteiger partial charge in [-0.1, -0.05) is 30.3 Å². The first kappa shape index (κ1) is 12.0. The van der Waals surface area contributed by atoms with Gasteiger partial charge < -0.3 is 9.72 Å². The second-order valence-corrected chi connectivity index (χ2v) is 4.94. The van der Waals surface area contributed by atoms with Crippen molar-refractivity contribution in [2.75, 3.05) is 0 Å². The highest BCUT2D eigenvalue weighted by Crippen LogP contribution is 2.24. The Morgan fingerprint density at radius 3 is 2.79 bits per heavy atom. The Morgan fingerprint density at radius 1 is 1.16 bits per heavy atom. The Bertz CT molecular complexity index is 572.